The van der Waals surface area contributed by atoms with E-state index in [2.05, 4.69) is 15.6 Å². The molecule has 0 radical (unpaired) electrons. The second-order valence-corrected chi connectivity index (χ2v) is 4.22. The fourth-order valence-electron chi connectivity index (χ4n) is 1.49. The first-order valence-corrected chi connectivity index (χ1v) is 6.19. The van der Waals surface area contributed by atoms with Gasteiger partial charge in [0.15, 0.2) is 0 Å². The SMILES string of the molecule is CCn1cc(C=NNC(=O)c2ccccc2Cl)cn1. The summed E-state index contributed by atoms with van der Waals surface area (Å²) in [4.78, 5) is 11.8. The van der Waals surface area contributed by atoms with Gasteiger partial charge < -0.3 is 0 Å². The summed E-state index contributed by atoms with van der Waals surface area (Å²) in [6.07, 6.45) is 5.05. The average molecular weight is 277 g/mol. The molecule has 2 aromatic rings. The lowest BCUT2D eigenvalue weighted by Crippen LogP contribution is -2.17. The fourth-order valence-corrected chi connectivity index (χ4v) is 1.71. The van der Waals surface area contributed by atoms with Crippen LogP contribution in [0.15, 0.2) is 41.8 Å². The van der Waals surface area contributed by atoms with Gasteiger partial charge in [-0.05, 0) is 19.1 Å². The first-order valence-electron chi connectivity index (χ1n) is 5.81. The van der Waals surface area contributed by atoms with Crippen molar-refractivity contribution in [3.8, 4) is 0 Å². The molecule has 0 atom stereocenters. The highest BCUT2D eigenvalue weighted by Gasteiger charge is 2.07. The minimum absolute atomic E-state index is 0.343. The molecule has 6 heteroatoms. The Morgan fingerprint density at radius 2 is 2.32 bits per heavy atom. The molecular formula is C13H13ClN4O. The highest BCUT2D eigenvalue weighted by molar-refractivity contribution is 6.33. The van der Waals surface area contributed by atoms with Crippen LogP contribution in [0.3, 0.4) is 0 Å². The van der Waals surface area contributed by atoms with Gasteiger partial charge in [-0.15, -0.1) is 0 Å². The third-order valence-electron chi connectivity index (χ3n) is 2.48. The molecule has 1 aromatic heterocycles. The molecule has 0 bridgehead atoms. The van der Waals surface area contributed by atoms with Crippen molar-refractivity contribution in [2.24, 2.45) is 5.10 Å². The van der Waals surface area contributed by atoms with E-state index in [9.17, 15) is 4.79 Å². The predicted molar refractivity (Wildman–Crippen MR) is 74.4 cm³/mol. The Kier molecular flexibility index (Phi) is 4.30. The maximum Gasteiger partial charge on any atom is 0.272 e. The Balaban J connectivity index is 1.99. The van der Waals surface area contributed by atoms with Crippen LogP contribution in [0.4, 0.5) is 0 Å². The average Bonchev–Trinajstić information content (AvgIpc) is 2.87. The number of nitrogens with zero attached hydrogens (tertiary/aromatic N) is 3. The molecule has 0 saturated carbocycles. The van der Waals surface area contributed by atoms with Crippen molar-refractivity contribution in [2.75, 3.05) is 0 Å². The Morgan fingerprint density at radius 1 is 1.53 bits per heavy atom. The number of halogens is 1. The maximum atomic E-state index is 11.8. The van der Waals surface area contributed by atoms with Gasteiger partial charge >= 0.3 is 0 Å². The molecule has 98 valence electrons. The van der Waals surface area contributed by atoms with Gasteiger partial charge in [0.25, 0.3) is 5.91 Å². The number of hydrogen-bond donors (Lipinski definition) is 1. The molecule has 0 spiro atoms. The molecule has 2 rings (SSSR count). The van der Waals surface area contributed by atoms with E-state index in [-0.39, 0.29) is 5.91 Å². The molecule has 1 aromatic carbocycles. The van der Waals surface area contributed by atoms with Crippen LogP contribution in [0.1, 0.15) is 22.8 Å². The van der Waals surface area contributed by atoms with Gasteiger partial charge in [-0.1, -0.05) is 23.7 Å². The number of benzene rings is 1. The van der Waals surface area contributed by atoms with Gasteiger partial charge in [-0.25, -0.2) is 5.43 Å². The molecule has 5 nitrogen and oxygen atoms in total. The van der Waals surface area contributed by atoms with E-state index in [1.54, 1.807) is 35.1 Å². The summed E-state index contributed by atoms with van der Waals surface area (Å²) >= 11 is 5.91. The van der Waals surface area contributed by atoms with Crippen molar-refractivity contribution in [3.63, 3.8) is 0 Å². The van der Waals surface area contributed by atoms with E-state index in [1.807, 2.05) is 13.1 Å². The Labute approximate surface area is 115 Å². The standard InChI is InChI=1S/C13H13ClN4O/c1-2-18-9-10(8-16-18)7-15-17-13(19)11-5-3-4-6-12(11)14/h3-9H,2H2,1H3,(H,17,19). The number of amides is 1. The number of rotatable bonds is 4. The Morgan fingerprint density at radius 3 is 3.00 bits per heavy atom. The van der Waals surface area contributed by atoms with Gasteiger partial charge in [-0.3, -0.25) is 9.48 Å². The van der Waals surface area contributed by atoms with Gasteiger partial charge in [0, 0.05) is 18.3 Å². The minimum atomic E-state index is -0.343. The lowest BCUT2D eigenvalue weighted by atomic mass is 10.2. The summed E-state index contributed by atoms with van der Waals surface area (Å²) in [6.45, 7) is 2.78. The highest BCUT2D eigenvalue weighted by Crippen LogP contribution is 2.14. The van der Waals surface area contributed by atoms with E-state index in [0.29, 0.717) is 10.6 Å². The Bertz CT molecular complexity index is 606. The lowest BCUT2D eigenvalue weighted by molar-refractivity contribution is 0.0955. The smallest absolute Gasteiger partial charge is 0.272 e. The van der Waals surface area contributed by atoms with Crippen LogP contribution >= 0.6 is 11.6 Å². The van der Waals surface area contributed by atoms with E-state index in [4.69, 9.17) is 11.6 Å². The number of carbonyl (C=O) groups excluding carboxylic acids is 1. The first-order chi connectivity index (χ1) is 9.20. The summed E-state index contributed by atoms with van der Waals surface area (Å²) in [5.41, 5.74) is 3.64. The van der Waals surface area contributed by atoms with Crippen LogP contribution in [0.5, 0.6) is 0 Å². The molecule has 1 heterocycles. The summed E-state index contributed by atoms with van der Waals surface area (Å²) in [5.74, 6) is -0.343. The van der Waals surface area contributed by atoms with Crippen molar-refractivity contribution in [1.29, 1.82) is 0 Å². The largest absolute Gasteiger partial charge is 0.272 e. The molecule has 1 amide bonds. The van der Waals surface area contributed by atoms with Crippen molar-refractivity contribution < 1.29 is 4.79 Å². The molecule has 0 aliphatic carbocycles. The van der Waals surface area contributed by atoms with Crippen molar-refractivity contribution in [1.82, 2.24) is 15.2 Å². The van der Waals surface area contributed by atoms with Crippen LogP contribution in [0, 0.1) is 0 Å². The molecular weight excluding hydrogens is 264 g/mol. The molecule has 0 aliphatic heterocycles. The quantitative estimate of drug-likeness (QED) is 0.688. The van der Waals surface area contributed by atoms with Gasteiger partial charge in [-0.2, -0.15) is 10.2 Å². The maximum absolute atomic E-state index is 11.8. The molecule has 19 heavy (non-hydrogen) atoms. The van der Waals surface area contributed by atoms with Crippen molar-refractivity contribution in [2.45, 2.75) is 13.5 Å². The van der Waals surface area contributed by atoms with Crippen LogP contribution < -0.4 is 5.43 Å². The van der Waals surface area contributed by atoms with Gasteiger partial charge in [0.2, 0.25) is 0 Å². The zero-order valence-electron chi connectivity index (χ0n) is 10.4. The number of aryl methyl sites for hydroxylation is 1. The second kappa shape index (κ2) is 6.15. The monoisotopic (exact) mass is 276 g/mol. The Hall–Kier alpha value is -2.14. The van der Waals surface area contributed by atoms with Crippen molar-refractivity contribution in [3.05, 3.63) is 52.8 Å². The van der Waals surface area contributed by atoms with Crippen LogP contribution in [-0.2, 0) is 6.54 Å². The highest BCUT2D eigenvalue weighted by atomic mass is 35.5. The van der Waals surface area contributed by atoms with Crippen molar-refractivity contribution >= 4 is 23.7 Å². The zero-order valence-corrected chi connectivity index (χ0v) is 11.1. The summed E-state index contributed by atoms with van der Waals surface area (Å²) in [5, 5.41) is 8.36. The van der Waals surface area contributed by atoms with E-state index in [1.165, 1.54) is 6.21 Å². The molecule has 1 N–H and O–H groups in total. The first kappa shape index (κ1) is 13.3. The predicted octanol–water partition coefficient (Wildman–Crippen LogP) is 2.32. The number of hydrazone groups is 1. The van der Waals surface area contributed by atoms with E-state index >= 15 is 0 Å². The molecule has 0 fully saturated rings. The lowest BCUT2D eigenvalue weighted by Gasteiger charge is -2.01. The molecule has 0 saturated heterocycles. The number of aromatic nitrogens is 2. The topological polar surface area (TPSA) is 59.3 Å². The van der Waals surface area contributed by atoms with Crippen LogP contribution in [-0.4, -0.2) is 21.9 Å². The number of hydrogen-bond acceptors (Lipinski definition) is 3. The number of nitrogens with one attached hydrogen (secondary N) is 1. The zero-order chi connectivity index (χ0) is 13.7. The normalized spacial score (nSPS) is 10.8. The summed E-state index contributed by atoms with van der Waals surface area (Å²) in [6, 6.07) is 6.81. The van der Waals surface area contributed by atoms with Gasteiger partial charge in [0.05, 0.1) is 23.0 Å². The summed E-state index contributed by atoms with van der Waals surface area (Å²) in [7, 11) is 0. The van der Waals surface area contributed by atoms with E-state index in [0.717, 1.165) is 12.1 Å². The van der Waals surface area contributed by atoms with Gasteiger partial charge in [0.1, 0.15) is 0 Å². The van der Waals surface area contributed by atoms with Crippen LogP contribution in [0.25, 0.3) is 0 Å². The van der Waals surface area contributed by atoms with E-state index < -0.39 is 0 Å². The third-order valence-corrected chi connectivity index (χ3v) is 2.80. The fraction of sp³-hybridized carbons (Fsp3) is 0.154. The minimum Gasteiger partial charge on any atom is -0.272 e. The molecule has 0 aliphatic rings. The summed E-state index contributed by atoms with van der Waals surface area (Å²) < 4.78 is 1.78. The second-order valence-electron chi connectivity index (χ2n) is 3.81. The van der Waals surface area contributed by atoms with Crippen LogP contribution in [0.2, 0.25) is 5.02 Å². The third kappa shape index (κ3) is 3.42. The molecule has 0 unspecified atom stereocenters. The number of carbonyl (C=O) groups is 1.